The van der Waals surface area contributed by atoms with E-state index in [0.717, 1.165) is 25.7 Å². The van der Waals surface area contributed by atoms with Crippen LogP contribution in [0, 0.1) is 5.92 Å². The predicted molar refractivity (Wildman–Crippen MR) is 58.8 cm³/mol. The van der Waals surface area contributed by atoms with E-state index < -0.39 is 11.5 Å². The fraction of sp³-hybridized carbons (Fsp3) is 0.917. The Balaban J connectivity index is 2.06. The fourth-order valence-corrected chi connectivity index (χ4v) is 2.91. The molecular formula is C12H21NO2. The summed E-state index contributed by atoms with van der Waals surface area (Å²) in [5.41, 5.74) is -0.616. The number of carbonyl (C=O) groups is 1. The number of carboxylic acid groups (broad SMARTS) is 1. The van der Waals surface area contributed by atoms with Gasteiger partial charge in [-0.15, -0.1) is 0 Å². The standard InChI is InChI=1S/C12H21NO2/c1-2-12(11(14)15,9-7-8-9)13-10-5-3-4-6-10/h9-10,13H,2-8H2,1H3,(H,14,15). The van der Waals surface area contributed by atoms with Crippen molar-refractivity contribution in [2.24, 2.45) is 5.92 Å². The molecule has 2 aliphatic rings. The number of nitrogens with one attached hydrogen (secondary N) is 1. The van der Waals surface area contributed by atoms with Crippen LogP contribution in [0.25, 0.3) is 0 Å². The van der Waals surface area contributed by atoms with E-state index in [9.17, 15) is 9.90 Å². The summed E-state index contributed by atoms with van der Waals surface area (Å²) in [6.45, 7) is 1.99. The van der Waals surface area contributed by atoms with Gasteiger partial charge in [0, 0.05) is 6.04 Å². The molecule has 0 spiro atoms. The minimum Gasteiger partial charge on any atom is -0.480 e. The minimum absolute atomic E-state index is 0.376. The molecule has 0 bridgehead atoms. The molecule has 0 radical (unpaired) electrons. The smallest absolute Gasteiger partial charge is 0.324 e. The van der Waals surface area contributed by atoms with Crippen molar-refractivity contribution in [3.8, 4) is 0 Å². The van der Waals surface area contributed by atoms with E-state index in [1.54, 1.807) is 0 Å². The molecule has 0 heterocycles. The average molecular weight is 211 g/mol. The maximum atomic E-state index is 11.5. The molecule has 1 unspecified atom stereocenters. The number of rotatable bonds is 5. The van der Waals surface area contributed by atoms with Crippen LogP contribution < -0.4 is 5.32 Å². The molecule has 2 fully saturated rings. The van der Waals surface area contributed by atoms with Crippen LogP contribution in [0.2, 0.25) is 0 Å². The van der Waals surface area contributed by atoms with Crippen molar-refractivity contribution < 1.29 is 9.90 Å². The molecule has 2 saturated carbocycles. The predicted octanol–water partition coefficient (Wildman–Crippen LogP) is 2.16. The van der Waals surface area contributed by atoms with Crippen LogP contribution in [0.3, 0.4) is 0 Å². The molecular weight excluding hydrogens is 190 g/mol. The number of carboxylic acids is 1. The van der Waals surface area contributed by atoms with E-state index >= 15 is 0 Å². The molecule has 3 nitrogen and oxygen atoms in total. The van der Waals surface area contributed by atoms with Gasteiger partial charge in [-0.25, -0.2) is 0 Å². The van der Waals surface area contributed by atoms with Crippen LogP contribution in [0.1, 0.15) is 51.9 Å². The lowest BCUT2D eigenvalue weighted by Gasteiger charge is -2.33. The molecule has 2 aliphatic carbocycles. The topological polar surface area (TPSA) is 49.3 Å². The van der Waals surface area contributed by atoms with E-state index in [2.05, 4.69) is 5.32 Å². The van der Waals surface area contributed by atoms with Crippen LogP contribution in [-0.4, -0.2) is 22.7 Å². The molecule has 0 aliphatic heterocycles. The second-order valence-corrected chi connectivity index (χ2v) is 5.03. The van der Waals surface area contributed by atoms with Crippen LogP contribution in [0.5, 0.6) is 0 Å². The summed E-state index contributed by atoms with van der Waals surface area (Å²) in [6.07, 6.45) is 7.69. The molecule has 86 valence electrons. The van der Waals surface area contributed by atoms with Gasteiger partial charge in [-0.1, -0.05) is 19.8 Å². The third kappa shape index (κ3) is 2.03. The molecule has 0 aromatic heterocycles. The van der Waals surface area contributed by atoms with Crippen LogP contribution in [0.15, 0.2) is 0 Å². The maximum absolute atomic E-state index is 11.5. The lowest BCUT2D eigenvalue weighted by atomic mass is 9.89. The number of aliphatic carboxylic acids is 1. The second-order valence-electron chi connectivity index (χ2n) is 5.03. The van der Waals surface area contributed by atoms with Gasteiger partial charge in [-0.2, -0.15) is 0 Å². The quantitative estimate of drug-likeness (QED) is 0.732. The summed E-state index contributed by atoms with van der Waals surface area (Å²) < 4.78 is 0. The Kier molecular flexibility index (Phi) is 3.01. The Morgan fingerprint density at radius 2 is 1.93 bits per heavy atom. The molecule has 0 amide bonds. The molecule has 0 saturated heterocycles. The number of hydrogen-bond acceptors (Lipinski definition) is 2. The van der Waals surface area contributed by atoms with E-state index in [1.165, 1.54) is 12.8 Å². The molecule has 0 aromatic rings. The van der Waals surface area contributed by atoms with Crippen molar-refractivity contribution in [3.05, 3.63) is 0 Å². The van der Waals surface area contributed by atoms with Crippen molar-refractivity contribution in [2.75, 3.05) is 0 Å². The van der Waals surface area contributed by atoms with Crippen molar-refractivity contribution in [1.82, 2.24) is 5.32 Å². The molecule has 0 aromatic carbocycles. The monoisotopic (exact) mass is 211 g/mol. The molecule has 2 rings (SSSR count). The largest absolute Gasteiger partial charge is 0.480 e. The highest BCUT2D eigenvalue weighted by atomic mass is 16.4. The lowest BCUT2D eigenvalue weighted by molar-refractivity contribution is -0.146. The van der Waals surface area contributed by atoms with E-state index in [0.29, 0.717) is 18.4 Å². The lowest BCUT2D eigenvalue weighted by Crippen LogP contribution is -2.56. The van der Waals surface area contributed by atoms with Crippen molar-refractivity contribution in [2.45, 2.75) is 63.5 Å². The van der Waals surface area contributed by atoms with Crippen molar-refractivity contribution in [1.29, 1.82) is 0 Å². The zero-order valence-corrected chi connectivity index (χ0v) is 9.46. The van der Waals surface area contributed by atoms with E-state index in [4.69, 9.17) is 0 Å². The van der Waals surface area contributed by atoms with Gasteiger partial charge in [0.2, 0.25) is 0 Å². The zero-order chi connectivity index (χ0) is 10.9. The fourth-order valence-electron chi connectivity index (χ4n) is 2.91. The third-order valence-corrected chi connectivity index (χ3v) is 4.03. The first-order valence-corrected chi connectivity index (χ1v) is 6.20. The van der Waals surface area contributed by atoms with Gasteiger partial charge in [0.1, 0.15) is 5.54 Å². The van der Waals surface area contributed by atoms with Gasteiger partial charge in [0.05, 0.1) is 0 Å². The summed E-state index contributed by atoms with van der Waals surface area (Å²) in [7, 11) is 0. The molecule has 15 heavy (non-hydrogen) atoms. The Hall–Kier alpha value is -0.570. The SMILES string of the molecule is CCC(NC1CCCC1)(C(=O)O)C1CC1. The third-order valence-electron chi connectivity index (χ3n) is 4.03. The minimum atomic E-state index is -0.639. The van der Waals surface area contributed by atoms with Gasteiger partial charge in [0.25, 0.3) is 0 Å². The average Bonchev–Trinajstić information content (AvgIpc) is 2.94. The Bertz CT molecular complexity index is 244. The Labute approximate surface area is 91.2 Å². The highest BCUT2D eigenvalue weighted by Crippen LogP contribution is 2.42. The van der Waals surface area contributed by atoms with Gasteiger partial charge < -0.3 is 5.11 Å². The normalized spacial score (nSPS) is 26.5. The maximum Gasteiger partial charge on any atom is 0.324 e. The second kappa shape index (κ2) is 4.12. The Morgan fingerprint density at radius 3 is 2.33 bits per heavy atom. The van der Waals surface area contributed by atoms with E-state index in [-0.39, 0.29) is 0 Å². The van der Waals surface area contributed by atoms with Crippen molar-refractivity contribution >= 4 is 5.97 Å². The van der Waals surface area contributed by atoms with Crippen LogP contribution in [-0.2, 0) is 4.79 Å². The first kappa shape index (κ1) is 10.9. The molecule has 2 N–H and O–H groups in total. The summed E-state index contributed by atoms with van der Waals surface area (Å²) in [5, 5.41) is 12.9. The van der Waals surface area contributed by atoms with E-state index in [1.807, 2.05) is 6.92 Å². The van der Waals surface area contributed by atoms with Gasteiger partial charge >= 0.3 is 5.97 Å². The Morgan fingerprint density at radius 1 is 1.33 bits per heavy atom. The van der Waals surface area contributed by atoms with Gasteiger partial charge in [-0.05, 0) is 38.0 Å². The molecule has 3 heteroatoms. The van der Waals surface area contributed by atoms with Crippen LogP contribution in [0.4, 0.5) is 0 Å². The zero-order valence-electron chi connectivity index (χ0n) is 9.46. The highest BCUT2D eigenvalue weighted by molar-refractivity contribution is 5.79. The van der Waals surface area contributed by atoms with Gasteiger partial charge in [-0.3, -0.25) is 10.1 Å². The first-order chi connectivity index (χ1) is 7.19. The summed E-state index contributed by atoms with van der Waals surface area (Å²) in [6, 6.07) is 0.446. The number of hydrogen-bond donors (Lipinski definition) is 2. The summed E-state index contributed by atoms with van der Waals surface area (Å²) in [5.74, 6) is -0.264. The summed E-state index contributed by atoms with van der Waals surface area (Å²) >= 11 is 0. The highest BCUT2D eigenvalue weighted by Gasteiger charge is 2.50. The summed E-state index contributed by atoms with van der Waals surface area (Å²) in [4.78, 5) is 11.5. The van der Waals surface area contributed by atoms with Gasteiger partial charge in [0.15, 0.2) is 0 Å². The molecule has 1 atom stereocenters. The first-order valence-electron chi connectivity index (χ1n) is 6.20. The van der Waals surface area contributed by atoms with Crippen molar-refractivity contribution in [3.63, 3.8) is 0 Å². The van der Waals surface area contributed by atoms with Crippen LogP contribution >= 0.6 is 0 Å².